The van der Waals surface area contributed by atoms with Crippen molar-refractivity contribution in [3.8, 4) is 0 Å². The van der Waals surface area contributed by atoms with Crippen LogP contribution in [0.4, 0.5) is 0 Å². The first-order valence-corrected chi connectivity index (χ1v) is 7.59. The Morgan fingerprint density at radius 3 is 2.05 bits per heavy atom. The second-order valence-corrected chi connectivity index (χ2v) is 5.58. The molecule has 0 aliphatic heterocycles. The van der Waals surface area contributed by atoms with Crippen molar-refractivity contribution in [3.05, 3.63) is 83.9 Å². The van der Waals surface area contributed by atoms with Gasteiger partial charge in [0.05, 0.1) is 0 Å². The maximum atomic E-state index is 9.73. The molecule has 0 spiro atoms. The van der Waals surface area contributed by atoms with Gasteiger partial charge in [0.1, 0.15) is 0 Å². The summed E-state index contributed by atoms with van der Waals surface area (Å²) >= 11 is 0. The van der Waals surface area contributed by atoms with Gasteiger partial charge < -0.3 is 10.2 Å². The van der Waals surface area contributed by atoms with Gasteiger partial charge in [-0.25, -0.2) is 0 Å². The monoisotopic (exact) mass is 292 g/mol. The van der Waals surface area contributed by atoms with E-state index >= 15 is 0 Å². The van der Waals surface area contributed by atoms with Gasteiger partial charge in [-0.15, -0.1) is 0 Å². The molecule has 22 heavy (non-hydrogen) atoms. The Morgan fingerprint density at radius 2 is 1.32 bits per heavy atom. The summed E-state index contributed by atoms with van der Waals surface area (Å²) in [5.41, 5.74) is 2.27. The van der Waals surface area contributed by atoms with Crippen molar-refractivity contribution in [1.82, 2.24) is 0 Å². The molecule has 0 aliphatic carbocycles. The van der Waals surface area contributed by atoms with Crippen LogP contribution in [0.15, 0.2) is 72.8 Å². The SMILES string of the molecule is OCC(CO)[C@@H](c1ccccc1)c1cccc2ccccc12. The lowest BCUT2D eigenvalue weighted by Gasteiger charge is -2.26. The topological polar surface area (TPSA) is 40.5 Å². The lowest BCUT2D eigenvalue weighted by molar-refractivity contribution is 0.139. The molecule has 112 valence electrons. The van der Waals surface area contributed by atoms with Gasteiger partial charge in [0, 0.05) is 25.0 Å². The molecule has 0 aromatic heterocycles. The fraction of sp³-hybridized carbons (Fsp3) is 0.200. The van der Waals surface area contributed by atoms with Crippen LogP contribution in [-0.4, -0.2) is 23.4 Å². The lowest BCUT2D eigenvalue weighted by atomic mass is 9.79. The molecule has 0 unspecified atom stereocenters. The number of hydrogen-bond donors (Lipinski definition) is 2. The van der Waals surface area contributed by atoms with E-state index in [-0.39, 0.29) is 25.0 Å². The van der Waals surface area contributed by atoms with Gasteiger partial charge in [-0.05, 0) is 21.9 Å². The summed E-state index contributed by atoms with van der Waals surface area (Å²) in [7, 11) is 0. The molecular formula is C20H20O2. The molecule has 3 aromatic carbocycles. The van der Waals surface area contributed by atoms with Crippen LogP contribution in [0.5, 0.6) is 0 Å². The van der Waals surface area contributed by atoms with E-state index in [4.69, 9.17) is 0 Å². The Bertz CT molecular complexity index is 728. The Labute approximate surface area is 130 Å². The third-order valence-electron chi connectivity index (χ3n) is 4.26. The largest absolute Gasteiger partial charge is 0.396 e. The maximum absolute atomic E-state index is 9.73. The average Bonchev–Trinajstić information content (AvgIpc) is 2.60. The van der Waals surface area contributed by atoms with E-state index in [2.05, 4.69) is 36.4 Å². The number of benzene rings is 3. The van der Waals surface area contributed by atoms with Crippen LogP contribution < -0.4 is 0 Å². The van der Waals surface area contributed by atoms with E-state index < -0.39 is 0 Å². The summed E-state index contributed by atoms with van der Waals surface area (Å²) in [6.45, 7) is -0.0848. The highest BCUT2D eigenvalue weighted by atomic mass is 16.3. The number of aliphatic hydroxyl groups excluding tert-OH is 2. The van der Waals surface area contributed by atoms with Gasteiger partial charge in [0.25, 0.3) is 0 Å². The molecule has 2 nitrogen and oxygen atoms in total. The highest BCUT2D eigenvalue weighted by molar-refractivity contribution is 5.86. The van der Waals surface area contributed by atoms with Crippen LogP contribution in [-0.2, 0) is 0 Å². The molecule has 0 radical (unpaired) electrons. The maximum Gasteiger partial charge on any atom is 0.0490 e. The predicted octanol–water partition coefficient (Wildman–Crippen LogP) is 3.57. The summed E-state index contributed by atoms with van der Waals surface area (Å²) in [4.78, 5) is 0. The second-order valence-electron chi connectivity index (χ2n) is 5.58. The van der Waals surface area contributed by atoms with E-state index in [1.807, 2.05) is 36.4 Å². The second kappa shape index (κ2) is 6.73. The summed E-state index contributed by atoms with van der Waals surface area (Å²) in [6.07, 6.45) is 0. The van der Waals surface area contributed by atoms with Gasteiger partial charge in [-0.1, -0.05) is 72.8 Å². The van der Waals surface area contributed by atoms with Crippen LogP contribution in [0, 0.1) is 5.92 Å². The van der Waals surface area contributed by atoms with Crippen LogP contribution in [0.3, 0.4) is 0 Å². The standard InChI is InChI=1S/C20H20O2/c21-13-17(14-22)20(16-8-2-1-3-9-16)19-12-6-10-15-7-4-5-11-18(15)19/h1-12,17,20-22H,13-14H2/t20-/m1/s1. The minimum absolute atomic E-state index is 0.0256. The van der Waals surface area contributed by atoms with Crippen molar-refractivity contribution >= 4 is 10.8 Å². The molecule has 1 atom stereocenters. The normalized spacial score (nSPS) is 12.7. The molecule has 3 rings (SSSR count). The van der Waals surface area contributed by atoms with Crippen LogP contribution in [0.25, 0.3) is 10.8 Å². The molecule has 0 heterocycles. The van der Waals surface area contributed by atoms with Crippen LogP contribution >= 0.6 is 0 Å². The number of rotatable bonds is 5. The molecule has 0 saturated heterocycles. The smallest absolute Gasteiger partial charge is 0.0490 e. The van der Waals surface area contributed by atoms with Crippen molar-refractivity contribution in [1.29, 1.82) is 0 Å². The molecule has 0 fully saturated rings. The van der Waals surface area contributed by atoms with Gasteiger partial charge in [0.2, 0.25) is 0 Å². The highest BCUT2D eigenvalue weighted by Gasteiger charge is 2.25. The van der Waals surface area contributed by atoms with E-state index in [1.165, 1.54) is 10.8 Å². The third kappa shape index (κ3) is 2.76. The Balaban J connectivity index is 2.20. The van der Waals surface area contributed by atoms with Crippen molar-refractivity contribution in [2.24, 2.45) is 5.92 Å². The number of hydrogen-bond acceptors (Lipinski definition) is 2. The van der Waals surface area contributed by atoms with Gasteiger partial charge in [-0.3, -0.25) is 0 Å². The highest BCUT2D eigenvalue weighted by Crippen LogP contribution is 2.36. The molecule has 3 aromatic rings. The zero-order valence-corrected chi connectivity index (χ0v) is 12.4. The number of fused-ring (bicyclic) bond motifs is 1. The number of aliphatic hydroxyl groups is 2. The minimum atomic E-state index is -0.215. The first-order chi connectivity index (χ1) is 10.8. The molecule has 0 amide bonds. The molecule has 2 heteroatoms. The first kappa shape index (κ1) is 14.8. The summed E-state index contributed by atoms with van der Waals surface area (Å²) < 4.78 is 0. The van der Waals surface area contributed by atoms with Gasteiger partial charge in [-0.2, -0.15) is 0 Å². The van der Waals surface area contributed by atoms with Crippen LogP contribution in [0.1, 0.15) is 17.0 Å². The Hall–Kier alpha value is -2.16. The van der Waals surface area contributed by atoms with Crippen molar-refractivity contribution < 1.29 is 10.2 Å². The fourth-order valence-electron chi connectivity index (χ4n) is 3.16. The molecule has 0 aliphatic rings. The quantitative estimate of drug-likeness (QED) is 0.754. The minimum Gasteiger partial charge on any atom is -0.396 e. The average molecular weight is 292 g/mol. The first-order valence-electron chi connectivity index (χ1n) is 7.59. The van der Waals surface area contributed by atoms with Crippen LogP contribution in [0.2, 0.25) is 0 Å². The molecule has 2 N–H and O–H groups in total. The third-order valence-corrected chi connectivity index (χ3v) is 4.26. The Kier molecular flexibility index (Phi) is 4.52. The summed E-state index contributed by atoms with van der Waals surface area (Å²) in [6, 6.07) is 24.6. The summed E-state index contributed by atoms with van der Waals surface area (Å²) in [5.74, 6) is -0.240. The van der Waals surface area contributed by atoms with Crippen molar-refractivity contribution in [2.45, 2.75) is 5.92 Å². The predicted molar refractivity (Wildman–Crippen MR) is 89.9 cm³/mol. The van der Waals surface area contributed by atoms with Crippen molar-refractivity contribution in [2.75, 3.05) is 13.2 Å². The summed E-state index contributed by atoms with van der Waals surface area (Å²) in [5, 5.41) is 21.8. The zero-order valence-electron chi connectivity index (χ0n) is 12.4. The Morgan fingerprint density at radius 1 is 0.682 bits per heavy atom. The van der Waals surface area contributed by atoms with E-state index in [0.717, 1.165) is 11.1 Å². The van der Waals surface area contributed by atoms with Gasteiger partial charge >= 0.3 is 0 Å². The van der Waals surface area contributed by atoms with Gasteiger partial charge in [0.15, 0.2) is 0 Å². The van der Waals surface area contributed by atoms with E-state index in [9.17, 15) is 10.2 Å². The fourth-order valence-corrected chi connectivity index (χ4v) is 3.16. The molecule has 0 saturated carbocycles. The lowest BCUT2D eigenvalue weighted by Crippen LogP contribution is -2.22. The van der Waals surface area contributed by atoms with E-state index in [0.29, 0.717) is 0 Å². The molecule has 0 bridgehead atoms. The van der Waals surface area contributed by atoms with Crippen molar-refractivity contribution in [3.63, 3.8) is 0 Å². The molecular weight excluding hydrogens is 272 g/mol. The van der Waals surface area contributed by atoms with E-state index in [1.54, 1.807) is 0 Å². The zero-order chi connectivity index (χ0) is 15.4.